The zero-order valence-electron chi connectivity index (χ0n) is 18.6. The molecule has 0 unspecified atom stereocenters. The van der Waals surface area contributed by atoms with Crippen LogP contribution in [0.25, 0.3) is 10.4 Å². The molecule has 0 radical (unpaired) electrons. The normalized spacial score (nSPS) is 15.4. The molecule has 0 saturated carbocycles. The van der Waals surface area contributed by atoms with Gasteiger partial charge in [0.15, 0.2) is 5.75 Å². The fourth-order valence-electron chi connectivity index (χ4n) is 3.53. The van der Waals surface area contributed by atoms with Crippen molar-refractivity contribution in [3.05, 3.63) is 32.7 Å². The van der Waals surface area contributed by atoms with E-state index >= 15 is 0 Å². The van der Waals surface area contributed by atoms with Gasteiger partial charge in [-0.15, -0.1) is 0 Å². The predicted molar refractivity (Wildman–Crippen MR) is 113 cm³/mol. The first-order valence-corrected chi connectivity index (χ1v) is 11.1. The Morgan fingerprint density at radius 2 is 1.71 bits per heavy atom. The van der Waals surface area contributed by atoms with Crippen LogP contribution in [0.1, 0.15) is 43.0 Å². The third-order valence-corrected chi connectivity index (χ3v) is 5.40. The molecule has 0 aromatic heterocycles. The van der Waals surface area contributed by atoms with Gasteiger partial charge in [-0.3, -0.25) is 4.90 Å². The second-order valence-corrected chi connectivity index (χ2v) is 9.39. The third-order valence-electron chi connectivity index (χ3n) is 5.03. The van der Waals surface area contributed by atoms with Crippen LogP contribution in [0.3, 0.4) is 0 Å². The lowest BCUT2D eigenvalue weighted by Crippen LogP contribution is -2.49. The van der Waals surface area contributed by atoms with E-state index in [1.165, 1.54) is 6.92 Å². The lowest BCUT2D eigenvalue weighted by molar-refractivity contribution is 0.0138. The first kappa shape index (κ1) is 24.7. The second-order valence-electron chi connectivity index (χ2n) is 8.44. The summed E-state index contributed by atoms with van der Waals surface area (Å²) in [6.07, 6.45) is -0.371. The van der Waals surface area contributed by atoms with E-state index in [4.69, 9.17) is 10.3 Å². The Kier molecular flexibility index (Phi) is 7.40. The zero-order valence-corrected chi connectivity index (χ0v) is 19.4. The molecule has 1 aromatic rings. The standard InChI is InChI=1S/C19H28FN5O5S/c1-12-15(11-24-7-9-25(10-8-24)18(26)29-19(4,5)6)13(2)17(30-31(20,27)28)14(3)16(12)22-23-21/h7-11H2,1-6H3. The van der Waals surface area contributed by atoms with Crippen molar-refractivity contribution in [2.45, 2.75) is 53.7 Å². The van der Waals surface area contributed by atoms with E-state index in [1.807, 2.05) is 20.8 Å². The van der Waals surface area contributed by atoms with Crippen LogP contribution < -0.4 is 4.18 Å². The van der Waals surface area contributed by atoms with Gasteiger partial charge in [-0.2, -0.15) is 8.42 Å². The number of hydrogen-bond donors (Lipinski definition) is 0. The highest BCUT2D eigenvalue weighted by molar-refractivity contribution is 7.81. The predicted octanol–water partition coefficient (Wildman–Crippen LogP) is 4.20. The second kappa shape index (κ2) is 9.29. The van der Waals surface area contributed by atoms with Crippen LogP contribution in [-0.4, -0.2) is 56.1 Å². The molecule has 12 heteroatoms. The Morgan fingerprint density at radius 1 is 1.13 bits per heavy atom. The van der Waals surface area contributed by atoms with Crippen molar-refractivity contribution >= 4 is 22.3 Å². The molecule has 0 atom stereocenters. The Hall–Kier alpha value is -2.56. The van der Waals surface area contributed by atoms with Crippen molar-refractivity contribution in [2.24, 2.45) is 5.11 Å². The van der Waals surface area contributed by atoms with Crippen molar-refractivity contribution in [1.82, 2.24) is 9.80 Å². The van der Waals surface area contributed by atoms with E-state index in [0.717, 1.165) is 0 Å². The fourth-order valence-corrected chi connectivity index (χ4v) is 3.98. The van der Waals surface area contributed by atoms with Crippen molar-refractivity contribution in [3.63, 3.8) is 0 Å². The molecule has 1 heterocycles. The molecular formula is C19H28FN5O5S. The van der Waals surface area contributed by atoms with Crippen LogP contribution in [0.15, 0.2) is 5.11 Å². The van der Waals surface area contributed by atoms with Crippen LogP contribution in [-0.2, 0) is 21.8 Å². The summed E-state index contributed by atoms with van der Waals surface area (Å²) in [6.45, 7) is 12.7. The molecule has 0 bridgehead atoms. The molecule has 10 nitrogen and oxygen atoms in total. The number of carbonyl (C=O) groups is 1. The minimum Gasteiger partial charge on any atom is -0.444 e. The van der Waals surface area contributed by atoms with Gasteiger partial charge in [0.05, 0.1) is 0 Å². The summed E-state index contributed by atoms with van der Waals surface area (Å²) in [5, 5.41) is 3.66. The maximum atomic E-state index is 13.3. The molecule has 1 amide bonds. The number of benzene rings is 1. The number of amides is 1. The maximum Gasteiger partial charge on any atom is 0.488 e. The summed E-state index contributed by atoms with van der Waals surface area (Å²) < 4.78 is 45.4. The summed E-state index contributed by atoms with van der Waals surface area (Å²) in [6, 6.07) is 0. The monoisotopic (exact) mass is 457 g/mol. The number of piperazine rings is 1. The summed E-state index contributed by atoms with van der Waals surface area (Å²) in [5.74, 6) is -0.183. The minimum atomic E-state index is -5.25. The van der Waals surface area contributed by atoms with E-state index in [0.29, 0.717) is 49.4 Å². The van der Waals surface area contributed by atoms with Gasteiger partial charge in [0.2, 0.25) is 0 Å². The van der Waals surface area contributed by atoms with Crippen LogP contribution in [0.4, 0.5) is 14.4 Å². The lowest BCUT2D eigenvalue weighted by atomic mass is 9.95. The van der Waals surface area contributed by atoms with Crippen LogP contribution >= 0.6 is 0 Å². The Morgan fingerprint density at radius 3 is 2.19 bits per heavy atom. The fraction of sp³-hybridized carbons (Fsp3) is 0.632. The van der Waals surface area contributed by atoms with Crippen LogP contribution in [0.2, 0.25) is 0 Å². The van der Waals surface area contributed by atoms with E-state index in [-0.39, 0.29) is 23.1 Å². The number of halogens is 1. The highest BCUT2D eigenvalue weighted by Crippen LogP contribution is 2.39. The van der Waals surface area contributed by atoms with Crippen molar-refractivity contribution < 1.29 is 26.0 Å². The van der Waals surface area contributed by atoms with E-state index < -0.39 is 16.1 Å². The third kappa shape index (κ3) is 6.46. The number of hydrogen-bond acceptors (Lipinski definition) is 7. The molecule has 1 aromatic carbocycles. The molecule has 1 aliphatic rings. The smallest absolute Gasteiger partial charge is 0.444 e. The van der Waals surface area contributed by atoms with Crippen LogP contribution in [0, 0.1) is 20.8 Å². The number of carbonyl (C=O) groups excluding carboxylic acids is 1. The summed E-state index contributed by atoms with van der Waals surface area (Å²) in [4.78, 5) is 18.7. The number of ether oxygens (including phenoxy) is 1. The SMILES string of the molecule is Cc1c(CN2CCN(C(=O)OC(C)(C)C)CC2)c(C)c(OS(=O)(=O)F)c(C)c1N=[N+]=[N-]. The van der Waals surface area contributed by atoms with Gasteiger partial charge in [-0.1, -0.05) is 9.00 Å². The summed E-state index contributed by atoms with van der Waals surface area (Å²) in [7, 11) is -5.25. The Labute approximate surface area is 182 Å². The van der Waals surface area contributed by atoms with Gasteiger partial charge in [-0.05, 0) is 63.8 Å². The average Bonchev–Trinajstić information content (AvgIpc) is 2.64. The highest BCUT2D eigenvalue weighted by atomic mass is 32.3. The number of azide groups is 1. The van der Waals surface area contributed by atoms with Gasteiger partial charge in [0.25, 0.3) is 0 Å². The molecule has 1 aliphatic heterocycles. The first-order chi connectivity index (χ1) is 14.2. The molecule has 31 heavy (non-hydrogen) atoms. The molecule has 172 valence electrons. The zero-order chi connectivity index (χ0) is 23.6. The largest absolute Gasteiger partial charge is 0.488 e. The number of nitrogens with zero attached hydrogens (tertiary/aromatic N) is 5. The average molecular weight is 458 g/mol. The van der Waals surface area contributed by atoms with Crippen molar-refractivity contribution in [1.29, 1.82) is 0 Å². The maximum absolute atomic E-state index is 13.3. The summed E-state index contributed by atoms with van der Waals surface area (Å²) in [5.41, 5.74) is 10.6. The molecule has 0 aliphatic carbocycles. The first-order valence-electron chi connectivity index (χ1n) is 9.75. The summed E-state index contributed by atoms with van der Waals surface area (Å²) >= 11 is 0. The van der Waals surface area contributed by atoms with E-state index in [2.05, 4.69) is 19.1 Å². The van der Waals surface area contributed by atoms with Gasteiger partial charge in [-0.25, -0.2) is 4.79 Å². The molecule has 2 rings (SSSR count). The highest BCUT2D eigenvalue weighted by Gasteiger charge is 2.28. The van der Waals surface area contributed by atoms with Crippen LogP contribution in [0.5, 0.6) is 5.75 Å². The van der Waals surface area contributed by atoms with Gasteiger partial charge >= 0.3 is 16.6 Å². The Balaban J connectivity index is 2.27. The van der Waals surface area contributed by atoms with E-state index in [9.17, 15) is 17.1 Å². The molecule has 0 spiro atoms. The molecular weight excluding hydrogens is 429 g/mol. The number of rotatable bonds is 5. The lowest BCUT2D eigenvalue weighted by Gasteiger charge is -2.36. The molecule has 0 N–H and O–H groups in total. The van der Waals surface area contributed by atoms with Gasteiger partial charge in [0, 0.05) is 48.9 Å². The minimum absolute atomic E-state index is 0.183. The molecule has 1 fully saturated rings. The van der Waals surface area contributed by atoms with Crippen molar-refractivity contribution in [2.75, 3.05) is 26.2 Å². The van der Waals surface area contributed by atoms with Gasteiger partial charge in [0.1, 0.15) is 5.60 Å². The molecule has 1 saturated heterocycles. The Bertz CT molecular complexity index is 1010. The van der Waals surface area contributed by atoms with Gasteiger partial charge < -0.3 is 13.8 Å². The topological polar surface area (TPSA) is 125 Å². The quantitative estimate of drug-likeness (QED) is 0.282. The van der Waals surface area contributed by atoms with E-state index in [1.54, 1.807) is 18.7 Å². The van der Waals surface area contributed by atoms with Crippen molar-refractivity contribution in [3.8, 4) is 5.75 Å².